The average Bonchev–Trinajstić information content (AvgIpc) is 3.21. The number of nitrogens with one attached hydrogen (secondary N) is 1. The highest BCUT2D eigenvalue weighted by Crippen LogP contribution is 2.65. The number of aliphatic hydroxyl groups is 2. The highest BCUT2D eigenvalue weighted by atomic mass is 32.2. The van der Waals surface area contributed by atoms with Crippen LogP contribution in [-0.4, -0.2) is 127 Å². The van der Waals surface area contributed by atoms with E-state index in [2.05, 4.69) is 11.6 Å². The Morgan fingerprint density at radius 1 is 0.968 bits per heavy atom. The van der Waals surface area contributed by atoms with Gasteiger partial charge in [0.25, 0.3) is 5.65 Å². The number of carbonyl (C=O) groups excluding carboxylic acids is 6. The molecular formula is C44H52NO16PS. The van der Waals surface area contributed by atoms with Crippen LogP contribution in [0.5, 0.6) is 0 Å². The predicted molar refractivity (Wildman–Crippen MR) is 225 cm³/mol. The highest BCUT2D eigenvalue weighted by molar-refractivity contribution is 7.90. The Labute approximate surface area is 366 Å². The number of rotatable bonds is 13. The van der Waals surface area contributed by atoms with Crippen LogP contribution < -0.4 is 5.32 Å². The molecule has 0 aromatic heterocycles. The molecule has 2 bridgehead atoms. The van der Waals surface area contributed by atoms with Gasteiger partial charge >= 0.3 is 23.9 Å². The molecule has 0 spiro atoms. The minimum Gasteiger partial charge on any atom is -0.456 e. The molecule has 3 aliphatic carbocycles. The third-order valence-corrected chi connectivity index (χ3v) is 14.0. The Morgan fingerprint density at radius 2 is 1.59 bits per heavy atom. The molecule has 2 aromatic rings. The number of carbonyl (C=O) groups is 6. The third-order valence-electron chi connectivity index (χ3n) is 13.0. The van der Waals surface area contributed by atoms with E-state index in [0.717, 1.165) is 20.1 Å². The van der Waals surface area contributed by atoms with Gasteiger partial charge in [0.05, 0.1) is 35.6 Å². The molecule has 1 heterocycles. The first-order valence-electron chi connectivity index (χ1n) is 20.1. The number of Topliss-reactive ketones (excluding diaryl/α,β-unsaturated/α-hetero) is 1. The summed E-state index contributed by atoms with van der Waals surface area (Å²) in [5.74, 6) is -7.42. The van der Waals surface area contributed by atoms with Crippen molar-refractivity contribution < 1.29 is 75.8 Å². The van der Waals surface area contributed by atoms with E-state index in [-0.39, 0.29) is 37.9 Å². The molecule has 17 nitrogen and oxygen atoms in total. The standard InChI is InChI=1S/C44H52NO16PS/c1-23-28(59-39(51)33(48)32(45-40(52)62-7)26-15-11-9-12-16-26)20-44(53)37(60-38(50)27-17-13-10-14-18-27)35-42(6,36(49)34(58-24(2)46)31(23)41(44,4)5)29(57-22-63(8,54)55)19-30-43(35,21-56-30)61-25(3)47/h9-18,28-30,32-35,37,48,53H,7,19-22H2,1-6,8H3,(H,45,52)/t28-,29-,30+,32-,33+,34+,35?,37-,42+,43-,44+/m0/s1. The Kier molecular flexibility index (Phi) is 13.3. The molecule has 1 aliphatic heterocycles. The van der Waals surface area contributed by atoms with Crippen molar-refractivity contribution in [2.75, 3.05) is 18.8 Å². The van der Waals surface area contributed by atoms with Crippen LogP contribution in [0.1, 0.15) is 76.3 Å². The zero-order valence-electron chi connectivity index (χ0n) is 35.9. The molecule has 19 heteroatoms. The van der Waals surface area contributed by atoms with Gasteiger partial charge in [-0.05, 0) is 50.9 Å². The van der Waals surface area contributed by atoms with Gasteiger partial charge in [0, 0.05) is 38.4 Å². The summed E-state index contributed by atoms with van der Waals surface area (Å²) in [7, 11) is -3.83. The van der Waals surface area contributed by atoms with E-state index >= 15 is 4.79 Å². The maximum atomic E-state index is 15.8. The summed E-state index contributed by atoms with van der Waals surface area (Å²) in [6.07, 6.45) is -6.23. The first-order chi connectivity index (χ1) is 29.4. The Morgan fingerprint density at radius 3 is 2.13 bits per heavy atom. The summed E-state index contributed by atoms with van der Waals surface area (Å²) in [5.41, 5.74) is -8.32. The highest BCUT2D eigenvalue weighted by Gasteiger charge is 2.78. The fourth-order valence-electron chi connectivity index (χ4n) is 9.97. The van der Waals surface area contributed by atoms with E-state index in [9.17, 15) is 42.6 Å². The van der Waals surface area contributed by atoms with E-state index in [0.29, 0.717) is 5.56 Å². The number of ketones is 1. The van der Waals surface area contributed by atoms with Crippen molar-refractivity contribution >= 4 is 59.6 Å². The zero-order chi connectivity index (χ0) is 46.4. The molecule has 2 aromatic carbocycles. The molecule has 63 heavy (non-hydrogen) atoms. The van der Waals surface area contributed by atoms with Gasteiger partial charge in [-0.15, -0.1) is 0 Å². The SMILES string of the molecule is C=PC(=O)N[C@@H](c1ccccc1)[C@@H](O)C(=O)O[C@H]1C[C@@]2(O)[C@@H](OC(=O)c3ccccc3)C3[C@](C)(C(=O)[C@H](OC(C)=O)C(=C1C)C2(C)C)[C@@H](OCS(C)(=O)=O)C[C@H]1OC[C@@]31OC(C)=O. The second kappa shape index (κ2) is 17.6. The summed E-state index contributed by atoms with van der Waals surface area (Å²) >= 11 is 0. The van der Waals surface area contributed by atoms with Crippen molar-refractivity contribution in [3.05, 3.63) is 82.9 Å². The molecule has 3 fully saturated rings. The molecule has 4 aliphatic rings. The number of benzene rings is 2. The number of fused-ring (bicyclic) bond motifs is 5. The van der Waals surface area contributed by atoms with Crippen LogP contribution in [0.3, 0.4) is 0 Å². The number of aliphatic hydroxyl groups excluding tert-OH is 1. The summed E-state index contributed by atoms with van der Waals surface area (Å²) in [4.78, 5) is 83.2. The van der Waals surface area contributed by atoms with E-state index in [4.69, 9.17) is 28.4 Å². The van der Waals surface area contributed by atoms with Gasteiger partial charge in [0.15, 0.2) is 33.4 Å². The molecule has 0 radical (unpaired) electrons. The van der Waals surface area contributed by atoms with Crippen LogP contribution in [0.15, 0.2) is 71.8 Å². The maximum Gasteiger partial charge on any atom is 0.338 e. The Hall–Kier alpha value is -4.84. The van der Waals surface area contributed by atoms with Gasteiger partial charge in [-0.1, -0.05) is 68.7 Å². The maximum absolute atomic E-state index is 15.8. The first kappa shape index (κ1) is 47.6. The molecule has 1 saturated heterocycles. The quantitative estimate of drug-likeness (QED) is 0.113. The smallest absolute Gasteiger partial charge is 0.338 e. The monoisotopic (exact) mass is 913 g/mol. The van der Waals surface area contributed by atoms with Gasteiger partial charge in [0.1, 0.15) is 29.9 Å². The van der Waals surface area contributed by atoms with Crippen molar-refractivity contribution in [3.63, 3.8) is 0 Å². The van der Waals surface area contributed by atoms with Crippen LogP contribution in [0.2, 0.25) is 0 Å². The van der Waals surface area contributed by atoms with Gasteiger partial charge in [-0.3, -0.25) is 19.2 Å². The van der Waals surface area contributed by atoms with Gasteiger partial charge < -0.3 is 44.0 Å². The lowest BCUT2D eigenvalue weighted by Gasteiger charge is -2.67. The number of hydrogen-bond donors (Lipinski definition) is 3. The minimum absolute atomic E-state index is 0.0277. The fourth-order valence-corrected chi connectivity index (χ4v) is 10.6. The third kappa shape index (κ3) is 8.61. The predicted octanol–water partition coefficient (Wildman–Crippen LogP) is 3.42. The average molecular weight is 914 g/mol. The topological polar surface area (TPSA) is 244 Å². The Bertz CT molecular complexity index is 2320. The van der Waals surface area contributed by atoms with Crippen molar-refractivity contribution in [2.24, 2.45) is 16.7 Å². The molecule has 340 valence electrons. The first-order valence-corrected chi connectivity index (χ1v) is 23.3. The lowest BCUT2D eigenvalue weighted by molar-refractivity contribution is -0.347. The van der Waals surface area contributed by atoms with E-state index in [1.54, 1.807) is 48.5 Å². The number of esters is 4. The van der Waals surface area contributed by atoms with Gasteiger partial charge in [0.2, 0.25) is 0 Å². The van der Waals surface area contributed by atoms with E-state index < -0.39 is 128 Å². The van der Waals surface area contributed by atoms with Crippen molar-refractivity contribution in [3.8, 4) is 0 Å². The summed E-state index contributed by atoms with van der Waals surface area (Å²) in [6, 6.07) is 14.5. The number of ether oxygens (including phenoxy) is 6. The molecule has 3 N–H and O–H groups in total. The molecule has 1 amide bonds. The van der Waals surface area contributed by atoms with Crippen LogP contribution in [-0.2, 0) is 57.4 Å². The summed E-state index contributed by atoms with van der Waals surface area (Å²) < 4.78 is 61.8. The van der Waals surface area contributed by atoms with E-state index in [1.807, 2.05) is 0 Å². The largest absolute Gasteiger partial charge is 0.456 e. The minimum atomic E-state index is -3.87. The van der Waals surface area contributed by atoms with Crippen LogP contribution >= 0.6 is 8.20 Å². The molecular weight excluding hydrogens is 862 g/mol. The number of sulfone groups is 1. The Balaban J connectivity index is 1.61. The van der Waals surface area contributed by atoms with Crippen molar-refractivity contribution in [2.45, 2.75) is 108 Å². The molecule has 2 saturated carbocycles. The van der Waals surface area contributed by atoms with Crippen molar-refractivity contribution in [1.82, 2.24) is 5.32 Å². The van der Waals surface area contributed by atoms with Gasteiger partial charge in [-0.2, -0.15) is 0 Å². The van der Waals surface area contributed by atoms with Gasteiger partial charge in [-0.25, -0.2) is 18.0 Å². The van der Waals surface area contributed by atoms with Crippen LogP contribution in [0.4, 0.5) is 4.79 Å². The van der Waals surface area contributed by atoms with E-state index in [1.165, 1.54) is 39.8 Å². The summed E-state index contributed by atoms with van der Waals surface area (Å²) in [5, 5.41) is 27.9. The lowest BCUT2D eigenvalue weighted by atomic mass is 9.44. The fraction of sp³-hybridized carbons (Fsp3) is 0.523. The van der Waals surface area contributed by atoms with Crippen LogP contribution in [0, 0.1) is 16.7 Å². The number of amides is 1. The normalized spacial score (nSPS) is 31.9. The second-order valence-corrected chi connectivity index (χ2v) is 20.1. The second-order valence-electron chi connectivity index (χ2n) is 17.3. The number of hydrogen-bond acceptors (Lipinski definition) is 16. The molecule has 6 rings (SSSR count). The summed E-state index contributed by atoms with van der Waals surface area (Å²) in [6.45, 7) is 7.75. The van der Waals surface area contributed by atoms with Crippen LogP contribution in [0.25, 0.3) is 0 Å². The lowest BCUT2D eigenvalue weighted by Crippen LogP contribution is -2.82. The van der Waals surface area contributed by atoms with Crippen molar-refractivity contribution in [1.29, 1.82) is 0 Å². The molecule has 11 atom stereocenters. The zero-order valence-corrected chi connectivity index (χ0v) is 37.6. The molecule has 1 unspecified atom stereocenters.